The molecule has 0 radical (unpaired) electrons. The minimum Gasteiger partial charge on any atom is -0.480 e. The summed E-state index contributed by atoms with van der Waals surface area (Å²) in [5.74, 6) is -0.256. The van der Waals surface area contributed by atoms with E-state index in [1.807, 2.05) is 17.5 Å². The summed E-state index contributed by atoms with van der Waals surface area (Å²) in [5.41, 5.74) is 0.628. The van der Waals surface area contributed by atoms with Crippen molar-refractivity contribution in [2.24, 2.45) is 5.16 Å². The summed E-state index contributed by atoms with van der Waals surface area (Å²) in [6.45, 7) is 1.47. The van der Waals surface area contributed by atoms with E-state index in [2.05, 4.69) is 5.16 Å². The van der Waals surface area contributed by atoms with Gasteiger partial charge in [-0.05, 0) is 36.6 Å². The molecule has 4 nitrogen and oxygen atoms in total. The number of thiophene rings is 1. The third-order valence-corrected chi connectivity index (χ3v) is 3.91. The van der Waals surface area contributed by atoms with Crippen LogP contribution in [0.15, 0.2) is 40.9 Å². The molecule has 0 N–H and O–H groups in total. The Morgan fingerprint density at radius 1 is 1.33 bits per heavy atom. The molecule has 21 heavy (non-hydrogen) atoms. The molecular formula is C14H11Cl2NO3S. The number of rotatable bonds is 5. The predicted molar refractivity (Wildman–Crippen MR) is 84.6 cm³/mol. The summed E-state index contributed by atoms with van der Waals surface area (Å²) in [6.07, 6.45) is 0. The molecule has 0 spiro atoms. The third kappa shape index (κ3) is 4.74. The van der Waals surface area contributed by atoms with Crippen LogP contribution in [0.3, 0.4) is 0 Å². The Morgan fingerprint density at radius 3 is 2.81 bits per heavy atom. The maximum Gasteiger partial charge on any atom is 0.372 e. The van der Waals surface area contributed by atoms with Crippen molar-refractivity contribution in [2.45, 2.75) is 6.92 Å². The van der Waals surface area contributed by atoms with Crippen molar-refractivity contribution >= 4 is 46.2 Å². The molecule has 110 valence electrons. The third-order valence-electron chi connectivity index (χ3n) is 2.40. The van der Waals surface area contributed by atoms with Crippen molar-refractivity contribution in [3.63, 3.8) is 0 Å². The van der Waals surface area contributed by atoms with Crippen LogP contribution in [0.2, 0.25) is 10.0 Å². The van der Waals surface area contributed by atoms with Gasteiger partial charge >= 0.3 is 5.97 Å². The Morgan fingerprint density at radius 2 is 2.14 bits per heavy atom. The van der Waals surface area contributed by atoms with Gasteiger partial charge in [0.05, 0.1) is 15.6 Å². The summed E-state index contributed by atoms with van der Waals surface area (Å²) >= 11 is 13.2. The molecule has 0 aliphatic heterocycles. The van der Waals surface area contributed by atoms with Crippen LogP contribution in [0, 0.1) is 0 Å². The minimum atomic E-state index is -0.614. The zero-order chi connectivity index (χ0) is 15.2. The van der Waals surface area contributed by atoms with Crippen molar-refractivity contribution in [1.29, 1.82) is 0 Å². The predicted octanol–water partition coefficient (Wildman–Crippen LogP) is 4.40. The lowest BCUT2D eigenvalue weighted by molar-refractivity contribution is -0.146. The topological polar surface area (TPSA) is 47.9 Å². The summed E-state index contributed by atoms with van der Waals surface area (Å²) < 4.78 is 5.24. The van der Waals surface area contributed by atoms with Crippen LogP contribution < -0.4 is 4.74 Å². The monoisotopic (exact) mass is 343 g/mol. The van der Waals surface area contributed by atoms with Gasteiger partial charge in [0.2, 0.25) is 0 Å². The fourth-order valence-electron chi connectivity index (χ4n) is 1.40. The number of benzene rings is 1. The van der Waals surface area contributed by atoms with Gasteiger partial charge in [0, 0.05) is 5.02 Å². The van der Waals surface area contributed by atoms with E-state index in [9.17, 15) is 4.79 Å². The minimum absolute atomic E-state index is 0.289. The van der Waals surface area contributed by atoms with E-state index in [0.717, 1.165) is 4.88 Å². The molecule has 2 rings (SSSR count). The summed E-state index contributed by atoms with van der Waals surface area (Å²) in [7, 11) is 0. The maximum absolute atomic E-state index is 11.5. The molecule has 0 saturated carbocycles. The molecule has 2 aromatic rings. The average molecular weight is 344 g/mol. The van der Waals surface area contributed by atoms with Crippen LogP contribution in [0.25, 0.3) is 0 Å². The van der Waals surface area contributed by atoms with Gasteiger partial charge in [0.25, 0.3) is 0 Å². The van der Waals surface area contributed by atoms with E-state index >= 15 is 0 Å². The Labute approximate surface area is 135 Å². The molecule has 1 aromatic heterocycles. The largest absolute Gasteiger partial charge is 0.480 e. The Balaban J connectivity index is 1.86. The normalized spacial score (nSPS) is 11.3. The summed E-state index contributed by atoms with van der Waals surface area (Å²) in [6, 6.07) is 8.52. The van der Waals surface area contributed by atoms with Gasteiger partial charge in [-0.2, -0.15) is 0 Å². The highest BCUT2D eigenvalue weighted by molar-refractivity contribution is 7.12. The van der Waals surface area contributed by atoms with Gasteiger partial charge in [0.1, 0.15) is 5.75 Å². The lowest BCUT2D eigenvalue weighted by Gasteiger charge is -2.06. The second-order valence-corrected chi connectivity index (χ2v) is 5.77. The van der Waals surface area contributed by atoms with E-state index in [4.69, 9.17) is 32.8 Å². The van der Waals surface area contributed by atoms with E-state index in [-0.39, 0.29) is 6.61 Å². The van der Waals surface area contributed by atoms with Crippen LogP contribution in [0.5, 0.6) is 5.75 Å². The van der Waals surface area contributed by atoms with Gasteiger partial charge in [-0.1, -0.05) is 34.4 Å². The van der Waals surface area contributed by atoms with Gasteiger partial charge in [-0.15, -0.1) is 11.3 Å². The number of carbonyl (C=O) groups excluding carboxylic acids is 1. The smallest absolute Gasteiger partial charge is 0.372 e. The van der Waals surface area contributed by atoms with E-state index in [1.165, 1.54) is 17.4 Å². The molecule has 7 heteroatoms. The number of oxime groups is 1. The molecule has 0 aliphatic carbocycles. The Kier molecular flexibility index (Phi) is 5.61. The number of halogens is 2. The highest BCUT2D eigenvalue weighted by Crippen LogP contribution is 2.27. The Bertz CT molecular complexity index is 656. The first-order valence-corrected chi connectivity index (χ1v) is 7.56. The van der Waals surface area contributed by atoms with Crippen LogP contribution in [-0.4, -0.2) is 18.3 Å². The number of nitrogens with zero attached hydrogens (tertiary/aromatic N) is 1. The number of hydrogen-bond donors (Lipinski definition) is 0. The summed E-state index contributed by atoms with van der Waals surface area (Å²) in [4.78, 5) is 17.3. The summed E-state index contributed by atoms with van der Waals surface area (Å²) in [5, 5.41) is 6.50. The first kappa shape index (κ1) is 15.8. The van der Waals surface area contributed by atoms with E-state index in [0.29, 0.717) is 21.5 Å². The van der Waals surface area contributed by atoms with Gasteiger partial charge in [-0.25, -0.2) is 4.79 Å². The van der Waals surface area contributed by atoms with Crippen LogP contribution in [-0.2, 0) is 9.63 Å². The van der Waals surface area contributed by atoms with Crippen molar-refractivity contribution < 1.29 is 14.4 Å². The number of ether oxygens (including phenoxy) is 1. The van der Waals surface area contributed by atoms with Gasteiger partial charge < -0.3 is 9.57 Å². The molecular weight excluding hydrogens is 333 g/mol. The van der Waals surface area contributed by atoms with Crippen LogP contribution in [0.4, 0.5) is 0 Å². The van der Waals surface area contributed by atoms with Crippen molar-refractivity contribution in [3.8, 4) is 5.75 Å². The molecule has 1 heterocycles. The first-order valence-electron chi connectivity index (χ1n) is 5.92. The highest BCUT2D eigenvalue weighted by Gasteiger charge is 2.08. The van der Waals surface area contributed by atoms with E-state index in [1.54, 1.807) is 19.1 Å². The van der Waals surface area contributed by atoms with Crippen LogP contribution in [0.1, 0.15) is 11.8 Å². The molecule has 0 amide bonds. The number of carbonyl (C=O) groups is 1. The average Bonchev–Trinajstić information content (AvgIpc) is 2.98. The molecule has 0 aliphatic rings. The van der Waals surface area contributed by atoms with E-state index < -0.39 is 5.97 Å². The molecule has 1 aromatic carbocycles. The van der Waals surface area contributed by atoms with Crippen LogP contribution >= 0.6 is 34.5 Å². The molecule has 0 bridgehead atoms. The lowest BCUT2D eigenvalue weighted by Crippen LogP contribution is -2.13. The zero-order valence-corrected chi connectivity index (χ0v) is 13.3. The van der Waals surface area contributed by atoms with Crippen molar-refractivity contribution in [2.75, 3.05) is 6.61 Å². The fourth-order valence-corrected chi connectivity index (χ4v) is 2.54. The highest BCUT2D eigenvalue weighted by atomic mass is 35.5. The second kappa shape index (κ2) is 7.45. The zero-order valence-electron chi connectivity index (χ0n) is 11.0. The Hall–Kier alpha value is -1.56. The molecule has 0 atom stereocenters. The van der Waals surface area contributed by atoms with Crippen molar-refractivity contribution in [1.82, 2.24) is 0 Å². The standard InChI is InChI=1S/C14H11Cl2NO3S/c1-9(13-3-2-6-21-13)17-20-14(18)8-19-12-5-4-10(15)7-11(12)16/h2-7H,8H2,1H3/b17-9+. The lowest BCUT2D eigenvalue weighted by atomic mass is 10.3. The number of hydrogen-bond acceptors (Lipinski definition) is 5. The van der Waals surface area contributed by atoms with Crippen molar-refractivity contribution in [3.05, 3.63) is 50.6 Å². The molecule has 0 unspecified atom stereocenters. The van der Waals surface area contributed by atoms with Gasteiger partial charge in [0.15, 0.2) is 6.61 Å². The maximum atomic E-state index is 11.5. The fraction of sp³-hybridized carbons (Fsp3) is 0.143. The quantitative estimate of drug-likeness (QED) is 0.459. The molecule has 0 saturated heterocycles. The molecule has 0 fully saturated rings. The SMILES string of the molecule is C/C(=N\OC(=O)COc1ccc(Cl)cc1Cl)c1cccs1. The van der Waals surface area contributed by atoms with Gasteiger partial charge in [-0.3, -0.25) is 0 Å². The second-order valence-electron chi connectivity index (χ2n) is 3.98. The first-order chi connectivity index (χ1) is 10.1.